The molecule has 0 saturated heterocycles. The molecule has 1 aromatic carbocycles. The van der Waals surface area contributed by atoms with Crippen molar-refractivity contribution in [1.82, 2.24) is 0 Å². The Kier molecular flexibility index (Phi) is 5.07. The van der Waals surface area contributed by atoms with Gasteiger partial charge in [-0.1, -0.05) is 29.8 Å². The fourth-order valence-electron chi connectivity index (χ4n) is 1.54. The van der Waals surface area contributed by atoms with E-state index in [0.29, 0.717) is 0 Å². The summed E-state index contributed by atoms with van der Waals surface area (Å²) in [7, 11) is 0. The second-order valence-corrected chi connectivity index (χ2v) is 5.95. The quantitative estimate of drug-likeness (QED) is 0.812. The van der Waals surface area contributed by atoms with Crippen LogP contribution >= 0.6 is 28.6 Å². The minimum atomic E-state index is -0.278. The summed E-state index contributed by atoms with van der Waals surface area (Å²) in [6.45, 7) is 7.98. The molecule has 0 saturated carbocycles. The zero-order valence-electron chi connectivity index (χ0n) is 10.5. The van der Waals surface area contributed by atoms with Crippen LogP contribution in [0.5, 0.6) is 0 Å². The third-order valence-electron chi connectivity index (χ3n) is 2.60. The summed E-state index contributed by atoms with van der Waals surface area (Å²) in [5.41, 5.74) is 3.05. The highest BCUT2D eigenvalue weighted by atomic mass is 79.9. The van der Waals surface area contributed by atoms with Gasteiger partial charge in [-0.15, -0.1) is 0 Å². The van der Waals surface area contributed by atoms with Crippen molar-refractivity contribution in [2.45, 2.75) is 32.9 Å². The monoisotopic (exact) mass is 315 g/mol. The molecule has 0 heterocycles. The fourth-order valence-corrected chi connectivity index (χ4v) is 1.83. The maximum Gasteiger partial charge on any atom is 0.237 e. The topological polar surface area (TPSA) is 29.1 Å². The minimum absolute atomic E-state index is 0.0514. The Balaban J connectivity index is 2.86. The van der Waals surface area contributed by atoms with Crippen LogP contribution in [-0.4, -0.2) is 11.2 Å². The first-order chi connectivity index (χ1) is 7.82. The Morgan fingerprint density at radius 2 is 1.76 bits per heavy atom. The van der Waals surface area contributed by atoms with Crippen LogP contribution in [0.4, 0.5) is 5.69 Å². The van der Waals surface area contributed by atoms with E-state index in [1.54, 1.807) is 0 Å². The number of carbonyl (C=O) groups is 1. The number of halogens is 1. The second-order valence-electron chi connectivity index (χ2n) is 4.60. The highest BCUT2D eigenvalue weighted by Gasteiger charge is 2.18. The van der Waals surface area contributed by atoms with Crippen molar-refractivity contribution < 1.29 is 4.79 Å². The van der Waals surface area contributed by atoms with E-state index in [1.807, 2.05) is 39.8 Å². The Morgan fingerprint density at radius 3 is 2.18 bits per heavy atom. The van der Waals surface area contributed by atoms with Crippen molar-refractivity contribution in [2.24, 2.45) is 5.92 Å². The van der Waals surface area contributed by atoms with E-state index in [0.717, 1.165) is 21.3 Å². The lowest BCUT2D eigenvalue weighted by Crippen LogP contribution is -2.27. The molecule has 0 aliphatic carbocycles. The molecule has 1 unspecified atom stereocenters. The average molecular weight is 316 g/mol. The summed E-state index contributed by atoms with van der Waals surface area (Å²) in [5.74, 6) is 0.167. The zero-order chi connectivity index (χ0) is 13.2. The van der Waals surface area contributed by atoms with Crippen LogP contribution in [0, 0.1) is 19.8 Å². The molecule has 0 aromatic heterocycles. The van der Waals surface area contributed by atoms with Crippen LogP contribution in [0.15, 0.2) is 16.6 Å². The molecule has 4 heteroatoms. The molecule has 0 aliphatic heterocycles. The molecular weight excluding hydrogens is 298 g/mol. The third kappa shape index (κ3) is 3.75. The van der Waals surface area contributed by atoms with Gasteiger partial charge in [-0.2, -0.15) is 12.6 Å². The van der Waals surface area contributed by atoms with Crippen molar-refractivity contribution in [2.75, 3.05) is 5.32 Å². The van der Waals surface area contributed by atoms with Crippen molar-refractivity contribution in [3.8, 4) is 0 Å². The SMILES string of the molecule is Cc1cc(NC(=O)C(S)C(C)C)cc(C)c1Br. The first-order valence-corrected chi connectivity index (χ1v) is 6.89. The Bertz CT molecular complexity index is 408. The number of carbonyl (C=O) groups excluding carboxylic acids is 1. The summed E-state index contributed by atoms with van der Waals surface area (Å²) in [6, 6.07) is 3.91. The van der Waals surface area contributed by atoms with Gasteiger partial charge in [0.15, 0.2) is 0 Å². The number of thiol groups is 1. The summed E-state index contributed by atoms with van der Waals surface area (Å²) in [5, 5.41) is 2.62. The first-order valence-electron chi connectivity index (χ1n) is 5.58. The standard InChI is InChI=1S/C13H18BrNOS/c1-7(2)12(17)13(16)15-10-5-8(3)11(14)9(4)6-10/h5-7,12,17H,1-4H3,(H,15,16). The number of rotatable bonds is 3. The van der Waals surface area contributed by atoms with Crippen LogP contribution < -0.4 is 5.32 Å². The normalized spacial score (nSPS) is 12.6. The molecule has 0 aliphatic rings. The van der Waals surface area contributed by atoms with E-state index in [9.17, 15) is 4.79 Å². The second kappa shape index (κ2) is 5.91. The maximum atomic E-state index is 11.9. The third-order valence-corrected chi connectivity index (χ3v) is 4.69. The van der Waals surface area contributed by atoms with Crippen molar-refractivity contribution in [3.63, 3.8) is 0 Å². The van der Waals surface area contributed by atoms with E-state index in [4.69, 9.17) is 0 Å². The number of benzene rings is 1. The van der Waals surface area contributed by atoms with Crippen LogP contribution in [0.1, 0.15) is 25.0 Å². The van der Waals surface area contributed by atoms with E-state index in [1.165, 1.54) is 0 Å². The maximum absolute atomic E-state index is 11.9. The summed E-state index contributed by atoms with van der Waals surface area (Å²) in [6.07, 6.45) is 0. The van der Waals surface area contributed by atoms with Crippen LogP contribution in [0.25, 0.3) is 0 Å². The fraction of sp³-hybridized carbons (Fsp3) is 0.462. The summed E-state index contributed by atoms with van der Waals surface area (Å²) >= 11 is 7.80. The highest BCUT2D eigenvalue weighted by molar-refractivity contribution is 9.10. The largest absolute Gasteiger partial charge is 0.325 e. The molecule has 94 valence electrons. The molecule has 1 atom stereocenters. The van der Waals surface area contributed by atoms with Gasteiger partial charge in [-0.25, -0.2) is 0 Å². The number of anilines is 1. The van der Waals surface area contributed by atoms with Gasteiger partial charge in [0.1, 0.15) is 0 Å². The van der Waals surface area contributed by atoms with Gasteiger partial charge in [0.2, 0.25) is 5.91 Å². The van der Waals surface area contributed by atoms with Gasteiger partial charge in [0.05, 0.1) is 5.25 Å². The van der Waals surface area contributed by atoms with E-state index in [2.05, 4.69) is 33.9 Å². The molecule has 1 amide bonds. The predicted octanol–water partition coefficient (Wildman–Crippen LogP) is 3.96. The van der Waals surface area contributed by atoms with Gasteiger partial charge in [0, 0.05) is 10.2 Å². The molecule has 1 aromatic rings. The van der Waals surface area contributed by atoms with Crippen LogP contribution in [-0.2, 0) is 4.79 Å². The van der Waals surface area contributed by atoms with Crippen molar-refractivity contribution >= 4 is 40.2 Å². The minimum Gasteiger partial charge on any atom is -0.325 e. The lowest BCUT2D eigenvalue weighted by Gasteiger charge is -2.15. The molecule has 1 rings (SSSR count). The van der Waals surface area contributed by atoms with Gasteiger partial charge < -0.3 is 5.32 Å². The molecule has 0 bridgehead atoms. The van der Waals surface area contributed by atoms with Crippen molar-refractivity contribution in [3.05, 3.63) is 27.7 Å². The molecule has 17 heavy (non-hydrogen) atoms. The lowest BCUT2D eigenvalue weighted by atomic mass is 10.1. The number of aryl methyl sites for hydroxylation is 2. The van der Waals surface area contributed by atoms with E-state index in [-0.39, 0.29) is 17.1 Å². The smallest absolute Gasteiger partial charge is 0.237 e. The number of hydrogen-bond acceptors (Lipinski definition) is 2. The van der Waals surface area contributed by atoms with E-state index < -0.39 is 0 Å². The van der Waals surface area contributed by atoms with Crippen LogP contribution in [0.3, 0.4) is 0 Å². The predicted molar refractivity (Wildman–Crippen MR) is 79.9 cm³/mol. The van der Waals surface area contributed by atoms with Gasteiger partial charge >= 0.3 is 0 Å². The van der Waals surface area contributed by atoms with Crippen LogP contribution in [0.2, 0.25) is 0 Å². The Morgan fingerprint density at radius 1 is 1.29 bits per heavy atom. The average Bonchev–Trinajstić information content (AvgIpc) is 2.24. The Hall–Kier alpha value is -0.480. The molecule has 0 radical (unpaired) electrons. The molecule has 0 spiro atoms. The number of nitrogens with one attached hydrogen (secondary N) is 1. The van der Waals surface area contributed by atoms with Gasteiger partial charge in [-0.05, 0) is 43.0 Å². The van der Waals surface area contributed by atoms with Crippen molar-refractivity contribution in [1.29, 1.82) is 0 Å². The number of amides is 1. The molecular formula is C13H18BrNOS. The zero-order valence-corrected chi connectivity index (χ0v) is 13.0. The molecule has 0 fully saturated rings. The lowest BCUT2D eigenvalue weighted by molar-refractivity contribution is -0.116. The summed E-state index contributed by atoms with van der Waals surface area (Å²) in [4.78, 5) is 11.9. The molecule has 2 nitrogen and oxygen atoms in total. The van der Waals surface area contributed by atoms with Gasteiger partial charge in [0.25, 0.3) is 0 Å². The van der Waals surface area contributed by atoms with Gasteiger partial charge in [-0.3, -0.25) is 4.79 Å². The summed E-state index contributed by atoms with van der Waals surface area (Å²) < 4.78 is 1.08. The highest BCUT2D eigenvalue weighted by Crippen LogP contribution is 2.25. The Labute approximate surface area is 117 Å². The first kappa shape index (κ1) is 14.6. The number of hydrogen-bond donors (Lipinski definition) is 2. The molecule has 1 N–H and O–H groups in total. The van der Waals surface area contributed by atoms with E-state index >= 15 is 0 Å².